The Kier molecular flexibility index (Phi) is 4.64. The van der Waals surface area contributed by atoms with Crippen LogP contribution in [0.25, 0.3) is 0 Å². The van der Waals surface area contributed by atoms with Crippen molar-refractivity contribution < 1.29 is 14.3 Å². The zero-order chi connectivity index (χ0) is 24.0. The number of H-pyrrole nitrogens is 1. The molecule has 35 heavy (non-hydrogen) atoms. The van der Waals surface area contributed by atoms with Crippen LogP contribution in [0.15, 0.2) is 58.4 Å². The number of carbonyl (C=O) groups is 2. The summed E-state index contributed by atoms with van der Waals surface area (Å²) in [6.07, 6.45) is 0.896. The minimum atomic E-state index is -0.290. The van der Waals surface area contributed by atoms with Crippen LogP contribution in [0.3, 0.4) is 0 Å². The van der Waals surface area contributed by atoms with Gasteiger partial charge in [0.25, 0.3) is 0 Å². The summed E-state index contributed by atoms with van der Waals surface area (Å²) < 4.78 is 5.25. The van der Waals surface area contributed by atoms with Crippen molar-refractivity contribution in [3.63, 3.8) is 0 Å². The molecule has 0 unspecified atom stereocenters. The number of fused-ring (bicyclic) bond motifs is 9. The first kappa shape index (κ1) is 21.4. The molecular formula is C27H24N2O4S2. The first-order valence-electron chi connectivity index (χ1n) is 11.9. The van der Waals surface area contributed by atoms with Gasteiger partial charge in [0.05, 0.1) is 29.7 Å². The molecule has 2 bridgehead atoms. The number of carbonyl (C=O) groups excluding carboxylic acids is 2. The second-order valence-corrected chi connectivity index (χ2v) is 12.3. The monoisotopic (exact) mass is 504 g/mol. The van der Waals surface area contributed by atoms with Gasteiger partial charge in [-0.25, -0.2) is 0 Å². The van der Waals surface area contributed by atoms with Gasteiger partial charge in [-0.15, -0.1) is 11.8 Å². The summed E-state index contributed by atoms with van der Waals surface area (Å²) >= 11 is 3.02. The van der Waals surface area contributed by atoms with Gasteiger partial charge < -0.3 is 9.72 Å². The van der Waals surface area contributed by atoms with Crippen molar-refractivity contribution in [3.8, 4) is 5.75 Å². The molecule has 2 saturated carbocycles. The van der Waals surface area contributed by atoms with Gasteiger partial charge in [-0.1, -0.05) is 41.2 Å². The second kappa shape index (κ2) is 7.58. The number of ether oxygens (including phenoxy) is 1. The molecule has 1 aromatic heterocycles. The lowest BCUT2D eigenvalue weighted by Crippen LogP contribution is -2.42. The zero-order valence-electron chi connectivity index (χ0n) is 19.3. The molecule has 2 aliphatic carbocycles. The Morgan fingerprint density at radius 1 is 0.943 bits per heavy atom. The van der Waals surface area contributed by atoms with Crippen molar-refractivity contribution in [2.75, 3.05) is 12.0 Å². The number of aromatic amines is 1. The van der Waals surface area contributed by atoms with E-state index in [-0.39, 0.29) is 57.4 Å². The highest BCUT2D eigenvalue weighted by Gasteiger charge is 2.69. The highest BCUT2D eigenvalue weighted by Crippen LogP contribution is 2.68. The number of rotatable bonds is 3. The second-order valence-electron chi connectivity index (χ2n) is 10.1. The number of nitrogens with one attached hydrogen (secondary N) is 1. The van der Waals surface area contributed by atoms with Crippen LogP contribution < -0.4 is 14.5 Å². The SMILES string of the molecule is COc1ccc(N2C(=O)[C@@H]3[C@H]4C[C@@H]([C@H]5Sc6[nH]c(=O)sc6[C@@H](c6ccc(C)cc6)[C@@H]45)[C@H]3C2=O)cc1. The molecule has 3 fully saturated rings. The number of nitrogens with zero attached hydrogens (tertiary/aromatic N) is 1. The van der Waals surface area contributed by atoms with E-state index in [0.717, 1.165) is 16.3 Å². The molecule has 3 heterocycles. The molecule has 7 atom stereocenters. The van der Waals surface area contributed by atoms with E-state index < -0.39 is 0 Å². The Bertz CT molecular complexity index is 1410. The third-order valence-corrected chi connectivity index (χ3v) is 11.1. The number of methoxy groups -OCH3 is 1. The van der Waals surface area contributed by atoms with Gasteiger partial charge in [0.2, 0.25) is 11.8 Å². The van der Waals surface area contributed by atoms with E-state index >= 15 is 0 Å². The largest absolute Gasteiger partial charge is 0.497 e. The van der Waals surface area contributed by atoms with E-state index in [4.69, 9.17) is 4.74 Å². The van der Waals surface area contributed by atoms with Crippen LogP contribution in [0.1, 0.15) is 28.3 Å². The number of amides is 2. The van der Waals surface area contributed by atoms with Crippen LogP contribution >= 0.6 is 23.1 Å². The van der Waals surface area contributed by atoms with Gasteiger partial charge in [-0.05, 0) is 60.9 Å². The quantitative estimate of drug-likeness (QED) is 0.534. The normalized spacial score (nSPS) is 32.5. The van der Waals surface area contributed by atoms with Crippen LogP contribution in [0.4, 0.5) is 5.69 Å². The number of imide groups is 1. The summed E-state index contributed by atoms with van der Waals surface area (Å²) in [5.41, 5.74) is 3.00. The predicted octanol–water partition coefficient (Wildman–Crippen LogP) is 4.43. The van der Waals surface area contributed by atoms with Crippen LogP contribution in [-0.2, 0) is 9.59 Å². The fourth-order valence-corrected chi connectivity index (χ4v) is 10.0. The molecule has 2 aromatic carbocycles. The van der Waals surface area contributed by atoms with Crippen molar-refractivity contribution in [3.05, 3.63) is 74.2 Å². The number of benzene rings is 2. The van der Waals surface area contributed by atoms with E-state index in [1.54, 1.807) is 43.1 Å². The van der Waals surface area contributed by atoms with E-state index in [1.165, 1.54) is 27.4 Å². The smallest absolute Gasteiger partial charge is 0.305 e. The number of hydrogen-bond donors (Lipinski definition) is 1. The number of anilines is 1. The van der Waals surface area contributed by atoms with Crippen molar-refractivity contribution in [1.82, 2.24) is 4.98 Å². The molecule has 2 amide bonds. The number of thioether (sulfide) groups is 1. The Morgan fingerprint density at radius 3 is 2.31 bits per heavy atom. The molecule has 178 valence electrons. The first-order valence-corrected chi connectivity index (χ1v) is 13.6. The molecule has 1 N–H and O–H groups in total. The summed E-state index contributed by atoms with van der Waals surface area (Å²) in [7, 11) is 1.60. The Morgan fingerprint density at radius 2 is 1.63 bits per heavy atom. The molecule has 6 nitrogen and oxygen atoms in total. The van der Waals surface area contributed by atoms with Gasteiger partial charge in [-0.3, -0.25) is 19.3 Å². The van der Waals surface area contributed by atoms with Crippen LogP contribution in [0, 0.1) is 36.5 Å². The maximum atomic E-state index is 13.8. The van der Waals surface area contributed by atoms with E-state index in [2.05, 4.69) is 36.2 Å². The predicted molar refractivity (Wildman–Crippen MR) is 135 cm³/mol. The maximum absolute atomic E-state index is 13.8. The average Bonchev–Trinajstić information content (AvgIpc) is 3.59. The van der Waals surface area contributed by atoms with Crippen LogP contribution in [0.5, 0.6) is 5.75 Å². The topological polar surface area (TPSA) is 79.5 Å². The van der Waals surface area contributed by atoms with E-state index in [9.17, 15) is 14.4 Å². The lowest BCUT2D eigenvalue weighted by molar-refractivity contribution is -0.123. The molecule has 8 heteroatoms. The Labute approximate surface area is 210 Å². The van der Waals surface area contributed by atoms with Gasteiger partial charge in [0.15, 0.2) is 0 Å². The van der Waals surface area contributed by atoms with Gasteiger partial charge in [0, 0.05) is 16.0 Å². The highest BCUT2D eigenvalue weighted by molar-refractivity contribution is 8.00. The molecule has 3 aromatic rings. The Hall–Kier alpha value is -2.84. The molecule has 4 aliphatic rings. The number of aryl methyl sites for hydroxylation is 1. The maximum Gasteiger partial charge on any atom is 0.305 e. The van der Waals surface area contributed by atoms with Crippen molar-refractivity contribution in [2.24, 2.45) is 29.6 Å². The van der Waals surface area contributed by atoms with Gasteiger partial charge >= 0.3 is 4.87 Å². The summed E-state index contributed by atoms with van der Waals surface area (Å²) in [4.78, 5) is 45.3. The third kappa shape index (κ3) is 2.93. The lowest BCUT2D eigenvalue weighted by Gasteiger charge is -2.43. The molecule has 0 radical (unpaired) electrons. The Balaban J connectivity index is 1.30. The van der Waals surface area contributed by atoms with Crippen LogP contribution in [-0.4, -0.2) is 29.2 Å². The van der Waals surface area contributed by atoms with E-state index in [0.29, 0.717) is 11.4 Å². The summed E-state index contributed by atoms with van der Waals surface area (Å²) in [6.45, 7) is 2.07. The average molecular weight is 505 g/mol. The fraction of sp³-hybridized carbons (Fsp3) is 0.370. The summed E-state index contributed by atoms with van der Waals surface area (Å²) in [5.74, 6) is 0.510. The summed E-state index contributed by atoms with van der Waals surface area (Å²) in [6, 6.07) is 15.7. The first-order chi connectivity index (χ1) is 17.0. The minimum absolute atomic E-state index is 0.0371. The molecule has 1 saturated heterocycles. The van der Waals surface area contributed by atoms with Crippen LogP contribution in [0.2, 0.25) is 0 Å². The number of hydrogen-bond acceptors (Lipinski definition) is 6. The minimum Gasteiger partial charge on any atom is -0.497 e. The highest BCUT2D eigenvalue weighted by atomic mass is 32.2. The third-order valence-electron chi connectivity index (χ3n) is 8.49. The number of thiazole rings is 1. The van der Waals surface area contributed by atoms with Gasteiger partial charge in [0.1, 0.15) is 5.75 Å². The van der Waals surface area contributed by atoms with Crippen molar-refractivity contribution >= 4 is 40.6 Å². The van der Waals surface area contributed by atoms with Crippen molar-refractivity contribution in [1.29, 1.82) is 0 Å². The number of aromatic nitrogens is 1. The molecule has 0 spiro atoms. The molecule has 7 rings (SSSR count). The van der Waals surface area contributed by atoms with E-state index in [1.807, 2.05) is 0 Å². The summed E-state index contributed by atoms with van der Waals surface area (Å²) in [5, 5.41) is 1.15. The fourth-order valence-electron chi connectivity index (χ4n) is 7.15. The lowest BCUT2D eigenvalue weighted by atomic mass is 9.68. The molecular weight excluding hydrogens is 480 g/mol. The van der Waals surface area contributed by atoms with Gasteiger partial charge in [-0.2, -0.15) is 0 Å². The zero-order valence-corrected chi connectivity index (χ0v) is 20.9. The van der Waals surface area contributed by atoms with Crippen molar-refractivity contribution in [2.45, 2.75) is 29.5 Å². The standard InChI is InChI=1S/C27H24N2O4S2/c1-12-3-5-13(6-4-12)18-19-16-11-17(22(19)34-24-23(18)35-27(32)28-24)21-20(16)25(30)29(26(21)31)14-7-9-15(33-2)10-8-14/h3-10,16-22H,11H2,1-2H3,(H,28,32)/t16-,17+,18-,19+,20+,21+,22+/m0/s1. The molecule has 2 aliphatic heterocycles.